The largest absolute Gasteiger partial charge is 0.497 e. The Morgan fingerprint density at radius 3 is 2.65 bits per heavy atom. The van der Waals surface area contributed by atoms with Crippen LogP contribution in [0, 0.1) is 17.8 Å². The number of amides is 2. The zero-order chi connectivity index (χ0) is 32.6. The van der Waals surface area contributed by atoms with Crippen LogP contribution in [0.4, 0.5) is 4.79 Å². The minimum atomic E-state index is -0.885. The molecule has 0 aliphatic carbocycles. The Labute approximate surface area is 270 Å². The van der Waals surface area contributed by atoms with Gasteiger partial charge in [-0.05, 0) is 67.0 Å². The highest BCUT2D eigenvalue weighted by molar-refractivity contribution is 5.89. The third kappa shape index (κ3) is 7.67. The molecular weight excluding hydrogens is 584 g/mol. The quantitative estimate of drug-likeness (QED) is 0.196. The predicted octanol–water partition coefficient (Wildman–Crippen LogP) is 5.18. The smallest absolute Gasteiger partial charge is 0.408 e. The third-order valence-electron chi connectivity index (χ3n) is 9.44. The van der Waals surface area contributed by atoms with Gasteiger partial charge in [0.15, 0.2) is 0 Å². The van der Waals surface area contributed by atoms with Gasteiger partial charge in [0, 0.05) is 23.7 Å². The van der Waals surface area contributed by atoms with E-state index in [1.54, 1.807) is 13.3 Å². The molecule has 1 unspecified atom stereocenters. The van der Waals surface area contributed by atoms with Gasteiger partial charge in [-0.25, -0.2) is 4.79 Å². The number of fused-ring (bicyclic) bond motifs is 4. The van der Waals surface area contributed by atoms with E-state index in [2.05, 4.69) is 27.1 Å². The molecule has 10 nitrogen and oxygen atoms in total. The van der Waals surface area contributed by atoms with Crippen molar-refractivity contribution < 1.29 is 28.6 Å². The Kier molecular flexibility index (Phi) is 10.9. The molecule has 244 valence electrons. The number of piperidine rings is 3. The molecule has 1 aromatic heterocycles. The number of esters is 1. The average Bonchev–Trinajstić information content (AvgIpc) is 3.10. The van der Waals surface area contributed by atoms with Gasteiger partial charge < -0.3 is 24.8 Å². The van der Waals surface area contributed by atoms with E-state index in [4.69, 9.17) is 14.2 Å². The van der Waals surface area contributed by atoms with Crippen LogP contribution in [-0.2, 0) is 25.7 Å². The summed E-state index contributed by atoms with van der Waals surface area (Å²) in [5.74, 6) is 0.299. The molecule has 3 aliphatic rings. The summed E-state index contributed by atoms with van der Waals surface area (Å²) in [6.45, 7) is 9.35. The van der Waals surface area contributed by atoms with E-state index in [9.17, 15) is 14.4 Å². The van der Waals surface area contributed by atoms with Crippen molar-refractivity contribution in [3.8, 4) is 5.75 Å². The molecule has 46 heavy (non-hydrogen) atoms. The van der Waals surface area contributed by atoms with E-state index in [1.807, 2.05) is 74.5 Å². The van der Waals surface area contributed by atoms with E-state index in [-0.39, 0.29) is 25.1 Å². The number of hydrogen-bond donors (Lipinski definition) is 2. The highest BCUT2D eigenvalue weighted by Gasteiger charge is 2.44. The number of ether oxygens (including phenoxy) is 3. The van der Waals surface area contributed by atoms with Crippen LogP contribution in [0.5, 0.6) is 5.75 Å². The zero-order valence-corrected chi connectivity index (χ0v) is 26.8. The average molecular weight is 629 g/mol. The van der Waals surface area contributed by atoms with Crippen molar-refractivity contribution in [2.45, 2.75) is 57.9 Å². The van der Waals surface area contributed by atoms with Crippen molar-refractivity contribution in [1.29, 1.82) is 0 Å². The fourth-order valence-electron chi connectivity index (χ4n) is 6.61. The van der Waals surface area contributed by atoms with Gasteiger partial charge in [-0.2, -0.15) is 0 Å². The third-order valence-corrected chi connectivity index (χ3v) is 9.44. The molecule has 0 radical (unpaired) electrons. The summed E-state index contributed by atoms with van der Waals surface area (Å²) in [6.07, 6.45) is 5.04. The van der Waals surface area contributed by atoms with Gasteiger partial charge in [-0.1, -0.05) is 56.7 Å². The maximum Gasteiger partial charge on any atom is 0.408 e. The molecule has 7 atom stereocenters. The number of methoxy groups -OCH3 is 1. The van der Waals surface area contributed by atoms with E-state index in [1.165, 1.54) is 0 Å². The molecule has 6 rings (SSSR count). The van der Waals surface area contributed by atoms with Gasteiger partial charge in [0.1, 0.15) is 31.0 Å². The molecule has 3 fully saturated rings. The molecule has 3 aliphatic heterocycles. The summed E-state index contributed by atoms with van der Waals surface area (Å²) >= 11 is 0. The van der Waals surface area contributed by atoms with Crippen LogP contribution in [0.2, 0.25) is 0 Å². The lowest BCUT2D eigenvalue weighted by Crippen LogP contribution is -2.55. The molecule has 2 amide bonds. The van der Waals surface area contributed by atoms with Crippen molar-refractivity contribution in [3.05, 3.63) is 84.6 Å². The number of rotatable bonds is 13. The van der Waals surface area contributed by atoms with Crippen LogP contribution >= 0.6 is 0 Å². The SMILES string of the molecule is C=C[C@H]1CN2CC[C@H]1C[C@H]2[C@H](OC(=O)CNC(=O)[C@@H](NC(=O)OCc1ccccc1)[C@@H](C)CC)c1ccnc2ccc(OC)cc12. The van der Waals surface area contributed by atoms with Gasteiger partial charge in [-0.15, -0.1) is 6.58 Å². The summed E-state index contributed by atoms with van der Waals surface area (Å²) in [7, 11) is 1.61. The lowest BCUT2D eigenvalue weighted by molar-refractivity contribution is -0.157. The maximum atomic E-state index is 13.5. The summed E-state index contributed by atoms with van der Waals surface area (Å²) in [5.41, 5.74) is 2.45. The van der Waals surface area contributed by atoms with Gasteiger partial charge in [-0.3, -0.25) is 19.5 Å². The van der Waals surface area contributed by atoms with Crippen LogP contribution < -0.4 is 15.4 Å². The lowest BCUT2D eigenvalue weighted by Gasteiger charge is -2.51. The first-order valence-electron chi connectivity index (χ1n) is 16.0. The molecule has 0 spiro atoms. The van der Waals surface area contributed by atoms with Crippen LogP contribution in [0.1, 0.15) is 50.3 Å². The van der Waals surface area contributed by atoms with E-state index >= 15 is 0 Å². The molecule has 10 heteroatoms. The maximum absolute atomic E-state index is 13.5. The molecule has 4 heterocycles. The first-order valence-corrected chi connectivity index (χ1v) is 16.0. The topological polar surface area (TPSA) is 119 Å². The Bertz CT molecular complexity index is 1530. The number of nitrogens with one attached hydrogen (secondary N) is 2. The highest BCUT2D eigenvalue weighted by atomic mass is 16.6. The summed E-state index contributed by atoms with van der Waals surface area (Å²) < 4.78 is 17.1. The minimum Gasteiger partial charge on any atom is -0.497 e. The number of aromatic nitrogens is 1. The first-order chi connectivity index (χ1) is 22.3. The van der Waals surface area contributed by atoms with Crippen LogP contribution in [0.15, 0.2) is 73.4 Å². The van der Waals surface area contributed by atoms with Gasteiger partial charge in [0.05, 0.1) is 18.7 Å². The molecule has 2 aromatic carbocycles. The monoisotopic (exact) mass is 628 g/mol. The Morgan fingerprint density at radius 2 is 1.96 bits per heavy atom. The number of nitrogens with zero attached hydrogens (tertiary/aromatic N) is 2. The Balaban J connectivity index is 1.30. The van der Waals surface area contributed by atoms with Crippen molar-refractivity contribution in [3.63, 3.8) is 0 Å². The van der Waals surface area contributed by atoms with Crippen LogP contribution in [-0.4, -0.2) is 66.7 Å². The van der Waals surface area contributed by atoms with Crippen molar-refractivity contribution >= 4 is 28.9 Å². The standard InChI is InChI=1S/C36H44N4O6/c1-5-23(3)33(39-36(43)45-22-24-10-8-7-9-11-24)35(42)38-20-32(41)46-34(31-18-26-15-17-40(31)21-25(26)6-2)28-14-16-37-30-13-12-27(44-4)19-29(28)30/h6-14,16,19,23,25-26,31,33-34H,2,5,15,17-18,20-22H2,1,3-4H3,(H,38,42)(H,39,43)/t23-,25-,26-,31-,33-,34+/m0/s1. The minimum absolute atomic E-state index is 0.0414. The number of pyridine rings is 1. The van der Waals surface area contributed by atoms with Crippen LogP contribution in [0.3, 0.4) is 0 Å². The lowest BCUT2D eigenvalue weighted by atomic mass is 9.73. The number of carbonyl (C=O) groups is 3. The normalized spacial score (nSPS) is 22.2. The molecule has 2 N–H and O–H groups in total. The van der Waals surface area contributed by atoms with Crippen molar-refractivity contribution in [1.82, 2.24) is 20.5 Å². The van der Waals surface area contributed by atoms with Crippen molar-refractivity contribution in [2.24, 2.45) is 17.8 Å². The van der Waals surface area contributed by atoms with Gasteiger partial charge in [0.25, 0.3) is 0 Å². The first kappa shape index (κ1) is 32.9. The van der Waals surface area contributed by atoms with Crippen LogP contribution in [0.25, 0.3) is 10.9 Å². The number of alkyl carbamates (subject to hydrolysis) is 1. The summed E-state index contributed by atoms with van der Waals surface area (Å²) in [6, 6.07) is 15.9. The second-order valence-corrected chi connectivity index (χ2v) is 12.2. The van der Waals surface area contributed by atoms with Gasteiger partial charge >= 0.3 is 12.1 Å². The molecular formula is C36H44N4O6. The summed E-state index contributed by atoms with van der Waals surface area (Å²) in [5, 5.41) is 6.23. The second-order valence-electron chi connectivity index (χ2n) is 12.2. The fraction of sp³-hybridized carbons (Fsp3) is 0.444. The second kappa shape index (κ2) is 15.2. The fourth-order valence-corrected chi connectivity index (χ4v) is 6.61. The molecule has 0 saturated carbocycles. The Morgan fingerprint density at radius 1 is 1.15 bits per heavy atom. The van der Waals surface area contributed by atoms with Gasteiger partial charge in [0.2, 0.25) is 5.91 Å². The molecule has 3 aromatic rings. The van der Waals surface area contributed by atoms with E-state index < -0.39 is 30.1 Å². The predicted molar refractivity (Wildman–Crippen MR) is 175 cm³/mol. The number of carbonyl (C=O) groups excluding carboxylic acids is 3. The zero-order valence-electron chi connectivity index (χ0n) is 26.8. The van der Waals surface area contributed by atoms with Crippen molar-refractivity contribution in [2.75, 3.05) is 26.7 Å². The van der Waals surface area contributed by atoms with E-state index in [0.29, 0.717) is 24.0 Å². The number of benzene rings is 2. The highest BCUT2D eigenvalue weighted by Crippen LogP contribution is 2.43. The van der Waals surface area contributed by atoms with E-state index in [0.717, 1.165) is 48.0 Å². The Hall–Kier alpha value is -4.44. The number of hydrogen-bond acceptors (Lipinski definition) is 8. The summed E-state index contributed by atoms with van der Waals surface area (Å²) in [4.78, 5) is 46.3. The molecule has 3 saturated heterocycles. The molecule has 2 bridgehead atoms.